The number of aryl methyl sites for hydroxylation is 3. The van der Waals surface area contributed by atoms with Gasteiger partial charge in [0.1, 0.15) is 17.9 Å². The molecule has 3 aromatic heterocycles. The molecule has 4 heterocycles. The molecule has 3 aromatic rings. The van der Waals surface area contributed by atoms with Crippen molar-refractivity contribution >= 4 is 40.1 Å². The number of imidazole rings is 1. The number of carbonyl (C=O) groups excluding carboxylic acids is 1. The van der Waals surface area contributed by atoms with E-state index in [-0.39, 0.29) is 11.7 Å². The minimum Gasteiger partial charge on any atom is -0.459 e. The van der Waals surface area contributed by atoms with E-state index in [1.54, 1.807) is 12.1 Å². The normalized spacial score (nSPS) is 14.6. The van der Waals surface area contributed by atoms with Crippen LogP contribution in [0.5, 0.6) is 0 Å². The van der Waals surface area contributed by atoms with E-state index >= 15 is 0 Å². The Morgan fingerprint density at radius 2 is 2.09 bits per heavy atom. The summed E-state index contributed by atoms with van der Waals surface area (Å²) in [5.41, 5.74) is 10.0. The van der Waals surface area contributed by atoms with Crippen LogP contribution in [-0.4, -0.2) is 50.2 Å². The van der Waals surface area contributed by atoms with Gasteiger partial charge in [0.2, 0.25) is 0 Å². The van der Waals surface area contributed by atoms with Crippen LogP contribution in [0.25, 0.3) is 11.0 Å². The lowest BCUT2D eigenvalue weighted by Gasteiger charge is -2.33. The summed E-state index contributed by atoms with van der Waals surface area (Å²) in [6.45, 7) is 9.58. The van der Waals surface area contributed by atoms with Gasteiger partial charge in [0.15, 0.2) is 16.7 Å². The molecule has 0 atom stereocenters. The number of carbonyl (C=O) groups is 1. The van der Waals surface area contributed by atoms with Gasteiger partial charge in [0.05, 0.1) is 11.8 Å². The highest BCUT2D eigenvalue weighted by molar-refractivity contribution is 7.80. The van der Waals surface area contributed by atoms with Gasteiger partial charge in [-0.15, -0.1) is 0 Å². The Balaban J connectivity index is 1.39. The third-order valence-electron chi connectivity index (χ3n) is 6.54. The molecule has 0 radical (unpaired) electrons. The van der Waals surface area contributed by atoms with Crippen molar-refractivity contribution in [2.24, 2.45) is 5.92 Å². The molecule has 1 saturated heterocycles. The molecule has 0 aromatic carbocycles. The largest absolute Gasteiger partial charge is 0.459 e. The minimum atomic E-state index is -0.314. The van der Waals surface area contributed by atoms with Gasteiger partial charge in [-0.1, -0.05) is 0 Å². The highest BCUT2D eigenvalue weighted by atomic mass is 32.1. The quantitative estimate of drug-likeness (QED) is 0.490. The van der Waals surface area contributed by atoms with E-state index in [2.05, 4.69) is 26.7 Å². The number of pyridine rings is 1. The monoisotopic (exact) mass is 484 g/mol. The molecule has 182 valence electrons. The van der Waals surface area contributed by atoms with Gasteiger partial charge in [-0.3, -0.25) is 10.1 Å². The zero-order valence-electron chi connectivity index (χ0n) is 20.0. The standard InChI is InChI=1S/C24H32N6O3S/c1-4-32-14-19-27-20-21(15(2)16(3)26-22(20)25)30(19)12-9-17-7-10-29(11-8-17)24(34)28-23(31)18-6-5-13-33-18/h5-6,13,17H,4,7-12,14H2,1-3H3,(H2,25,26)(H,28,31,34). The Kier molecular flexibility index (Phi) is 7.47. The third-order valence-corrected chi connectivity index (χ3v) is 6.90. The number of amides is 1. The average Bonchev–Trinajstić information content (AvgIpc) is 3.49. The molecule has 1 amide bonds. The van der Waals surface area contributed by atoms with E-state index in [0.29, 0.717) is 30.1 Å². The number of anilines is 1. The lowest BCUT2D eigenvalue weighted by Crippen LogP contribution is -2.46. The summed E-state index contributed by atoms with van der Waals surface area (Å²) in [6.07, 6.45) is 4.50. The summed E-state index contributed by atoms with van der Waals surface area (Å²) < 4.78 is 13.1. The maximum absolute atomic E-state index is 12.2. The summed E-state index contributed by atoms with van der Waals surface area (Å²) in [5.74, 6) is 1.85. The molecule has 0 saturated carbocycles. The van der Waals surface area contributed by atoms with Gasteiger partial charge in [0, 0.05) is 31.9 Å². The van der Waals surface area contributed by atoms with Crippen LogP contribution in [0.2, 0.25) is 0 Å². The number of aromatic nitrogens is 3. The third kappa shape index (κ3) is 5.07. The number of nitrogens with zero attached hydrogens (tertiary/aromatic N) is 4. The maximum atomic E-state index is 12.2. The lowest BCUT2D eigenvalue weighted by atomic mass is 9.93. The Morgan fingerprint density at radius 1 is 1.32 bits per heavy atom. The minimum absolute atomic E-state index is 0.258. The van der Waals surface area contributed by atoms with Gasteiger partial charge in [-0.2, -0.15) is 0 Å². The molecule has 4 rings (SSSR count). The van der Waals surface area contributed by atoms with Gasteiger partial charge >= 0.3 is 0 Å². The van der Waals surface area contributed by atoms with Crippen LogP contribution in [0.3, 0.4) is 0 Å². The van der Waals surface area contributed by atoms with Crippen molar-refractivity contribution in [1.82, 2.24) is 24.8 Å². The van der Waals surface area contributed by atoms with Crippen LogP contribution in [0.4, 0.5) is 5.82 Å². The number of thiocarbonyl (C=S) groups is 1. The molecule has 3 N–H and O–H groups in total. The molecule has 10 heteroatoms. The van der Waals surface area contributed by atoms with Crippen molar-refractivity contribution in [2.45, 2.75) is 53.2 Å². The van der Waals surface area contributed by atoms with E-state index in [1.807, 2.05) is 13.8 Å². The van der Waals surface area contributed by atoms with E-state index in [9.17, 15) is 4.79 Å². The number of rotatable bonds is 7. The molecular formula is C24H32N6O3S. The second-order valence-electron chi connectivity index (χ2n) is 8.68. The van der Waals surface area contributed by atoms with E-state index in [0.717, 1.165) is 67.0 Å². The summed E-state index contributed by atoms with van der Waals surface area (Å²) in [5, 5.41) is 3.22. The number of nitrogens with one attached hydrogen (secondary N) is 1. The van der Waals surface area contributed by atoms with Gasteiger partial charge < -0.3 is 24.4 Å². The number of ether oxygens (including phenoxy) is 1. The first-order valence-electron chi connectivity index (χ1n) is 11.7. The smallest absolute Gasteiger partial charge is 0.293 e. The molecule has 1 fully saturated rings. The number of furan rings is 1. The zero-order valence-corrected chi connectivity index (χ0v) is 20.8. The van der Waals surface area contributed by atoms with Crippen molar-refractivity contribution in [2.75, 3.05) is 25.4 Å². The Bertz CT molecular complexity index is 1170. The number of likely N-dealkylation sites (tertiary alicyclic amines) is 1. The Hall–Kier alpha value is -2.98. The second-order valence-corrected chi connectivity index (χ2v) is 9.06. The second kappa shape index (κ2) is 10.5. The van der Waals surface area contributed by atoms with Crippen molar-refractivity contribution < 1.29 is 13.9 Å². The van der Waals surface area contributed by atoms with Crippen LogP contribution < -0.4 is 11.1 Å². The van der Waals surface area contributed by atoms with Crippen LogP contribution in [0, 0.1) is 19.8 Å². The van der Waals surface area contributed by atoms with Crippen LogP contribution in [0.1, 0.15) is 53.8 Å². The van der Waals surface area contributed by atoms with Crippen LogP contribution in [0.15, 0.2) is 22.8 Å². The summed E-state index contributed by atoms with van der Waals surface area (Å²) in [4.78, 5) is 23.5. The zero-order chi connectivity index (χ0) is 24.2. The highest BCUT2D eigenvalue weighted by Crippen LogP contribution is 2.28. The van der Waals surface area contributed by atoms with Crippen molar-refractivity contribution in [3.63, 3.8) is 0 Å². The summed E-state index contributed by atoms with van der Waals surface area (Å²) in [7, 11) is 0. The van der Waals surface area contributed by atoms with Gasteiger partial charge in [0.25, 0.3) is 5.91 Å². The number of nitrogen functional groups attached to an aromatic ring is 1. The molecule has 0 spiro atoms. The van der Waals surface area contributed by atoms with E-state index < -0.39 is 0 Å². The number of hydrogen-bond donors (Lipinski definition) is 2. The first-order chi connectivity index (χ1) is 16.4. The Labute approximate surface area is 204 Å². The number of piperidine rings is 1. The Morgan fingerprint density at radius 3 is 2.76 bits per heavy atom. The average molecular weight is 485 g/mol. The van der Waals surface area contributed by atoms with Crippen LogP contribution in [-0.2, 0) is 17.9 Å². The number of hydrogen-bond acceptors (Lipinski definition) is 7. The van der Waals surface area contributed by atoms with Crippen molar-refractivity contribution in [1.29, 1.82) is 0 Å². The maximum Gasteiger partial charge on any atom is 0.293 e. The first-order valence-corrected chi connectivity index (χ1v) is 12.1. The number of fused-ring (bicyclic) bond motifs is 1. The molecule has 0 aliphatic carbocycles. The molecule has 0 bridgehead atoms. The predicted molar refractivity (Wildman–Crippen MR) is 134 cm³/mol. The summed E-state index contributed by atoms with van der Waals surface area (Å²) in [6, 6.07) is 3.30. The number of nitrogens with two attached hydrogens (primary N) is 1. The molecular weight excluding hydrogens is 452 g/mol. The first kappa shape index (κ1) is 24.2. The summed E-state index contributed by atoms with van der Waals surface area (Å²) >= 11 is 5.45. The van der Waals surface area contributed by atoms with Gasteiger partial charge in [-0.05, 0) is 75.9 Å². The van der Waals surface area contributed by atoms with Gasteiger partial charge in [-0.25, -0.2) is 9.97 Å². The molecule has 1 aliphatic heterocycles. The fraction of sp³-hybridized carbons (Fsp3) is 0.500. The molecule has 0 unspecified atom stereocenters. The topological polar surface area (TPSA) is 111 Å². The predicted octanol–water partition coefficient (Wildman–Crippen LogP) is 3.58. The fourth-order valence-electron chi connectivity index (χ4n) is 4.47. The molecule has 1 aliphatic rings. The lowest BCUT2D eigenvalue weighted by molar-refractivity contribution is 0.0944. The fourth-order valence-corrected chi connectivity index (χ4v) is 4.75. The van der Waals surface area contributed by atoms with E-state index in [1.165, 1.54) is 6.26 Å². The van der Waals surface area contributed by atoms with Crippen molar-refractivity contribution in [3.8, 4) is 0 Å². The van der Waals surface area contributed by atoms with Crippen molar-refractivity contribution in [3.05, 3.63) is 41.2 Å². The van der Waals surface area contributed by atoms with Crippen LogP contribution >= 0.6 is 12.2 Å². The SMILES string of the molecule is CCOCc1nc2c(N)nc(C)c(C)c2n1CCC1CCN(C(=S)NC(=O)c2ccco2)CC1. The molecule has 34 heavy (non-hydrogen) atoms. The van der Waals surface area contributed by atoms with E-state index in [4.69, 9.17) is 32.1 Å². The highest BCUT2D eigenvalue weighted by Gasteiger charge is 2.24. The molecule has 9 nitrogen and oxygen atoms in total.